The molecule has 1 fully saturated rings. The van der Waals surface area contributed by atoms with E-state index in [0.29, 0.717) is 19.2 Å². The average Bonchev–Trinajstić information content (AvgIpc) is 3.06. The number of nitrogens with zero attached hydrogens (tertiary/aromatic N) is 2. The number of ether oxygens (including phenoxy) is 2. The van der Waals surface area contributed by atoms with Crippen molar-refractivity contribution in [3.63, 3.8) is 0 Å². The third-order valence-electron chi connectivity index (χ3n) is 6.26. The van der Waals surface area contributed by atoms with Gasteiger partial charge in [0.05, 0.1) is 13.2 Å². The fourth-order valence-electron chi connectivity index (χ4n) is 4.44. The zero-order valence-corrected chi connectivity index (χ0v) is 19.0. The predicted octanol–water partition coefficient (Wildman–Crippen LogP) is 4.31. The van der Waals surface area contributed by atoms with E-state index >= 15 is 0 Å². The molecule has 6 heteroatoms. The van der Waals surface area contributed by atoms with E-state index in [2.05, 4.69) is 45.5 Å². The molecule has 4 rings (SSSR count). The normalized spacial score (nSPS) is 17.7. The molecule has 3 N–H and O–H groups in total. The summed E-state index contributed by atoms with van der Waals surface area (Å²) in [6.45, 7) is 5.69. The van der Waals surface area contributed by atoms with Crippen LogP contribution in [0.5, 0.6) is 11.5 Å². The van der Waals surface area contributed by atoms with Crippen molar-refractivity contribution in [1.29, 1.82) is 0 Å². The molecule has 0 atom stereocenters. The van der Waals surface area contributed by atoms with Crippen molar-refractivity contribution in [3.8, 4) is 11.5 Å². The first-order valence-corrected chi connectivity index (χ1v) is 12.0. The molecule has 0 saturated carbocycles. The molecule has 2 aromatic carbocycles. The van der Waals surface area contributed by atoms with Crippen LogP contribution in [0.1, 0.15) is 37.7 Å². The molecule has 0 aromatic heterocycles. The maximum atomic E-state index is 6.07. The molecule has 32 heavy (non-hydrogen) atoms. The van der Waals surface area contributed by atoms with Gasteiger partial charge in [-0.2, -0.15) is 0 Å². The van der Waals surface area contributed by atoms with Crippen LogP contribution in [0.4, 0.5) is 5.69 Å². The molecule has 2 aliphatic rings. The number of guanidine groups is 1. The first kappa shape index (κ1) is 22.5. The number of aliphatic imine (C=N–C) groups is 1. The average molecular weight is 437 g/mol. The van der Waals surface area contributed by atoms with Crippen molar-refractivity contribution in [2.45, 2.75) is 38.5 Å². The number of benzene rings is 2. The number of hydrogen-bond donors (Lipinski definition) is 2. The minimum atomic E-state index is 0.446. The summed E-state index contributed by atoms with van der Waals surface area (Å²) in [5, 5.41) is 3.16. The lowest BCUT2D eigenvalue weighted by molar-refractivity contribution is 0.181. The van der Waals surface area contributed by atoms with E-state index in [1.165, 1.54) is 37.9 Å². The molecule has 0 radical (unpaired) electrons. The van der Waals surface area contributed by atoms with Gasteiger partial charge in [-0.3, -0.25) is 4.99 Å². The lowest BCUT2D eigenvalue weighted by atomic mass is 9.90. The first-order chi connectivity index (χ1) is 15.8. The maximum Gasteiger partial charge on any atom is 0.193 e. The summed E-state index contributed by atoms with van der Waals surface area (Å²) >= 11 is 0. The molecule has 0 bridgehead atoms. The molecule has 2 aromatic rings. The highest BCUT2D eigenvalue weighted by Gasteiger charge is 2.19. The minimum absolute atomic E-state index is 0.446. The van der Waals surface area contributed by atoms with Gasteiger partial charge < -0.3 is 25.4 Å². The Morgan fingerprint density at radius 3 is 2.59 bits per heavy atom. The van der Waals surface area contributed by atoms with Crippen molar-refractivity contribution in [2.75, 3.05) is 44.7 Å². The lowest BCUT2D eigenvalue weighted by Crippen LogP contribution is -2.35. The van der Waals surface area contributed by atoms with Gasteiger partial charge in [0, 0.05) is 24.7 Å². The number of anilines is 1. The monoisotopic (exact) mass is 436 g/mol. The summed E-state index contributed by atoms with van der Waals surface area (Å²) in [5.74, 6) is 2.82. The Bertz CT molecular complexity index is 863. The minimum Gasteiger partial charge on any atom is -0.490 e. The second-order valence-corrected chi connectivity index (χ2v) is 8.79. The van der Waals surface area contributed by atoms with Crippen molar-refractivity contribution < 1.29 is 9.47 Å². The van der Waals surface area contributed by atoms with Gasteiger partial charge >= 0.3 is 0 Å². The highest BCUT2D eigenvalue weighted by Crippen LogP contribution is 2.32. The van der Waals surface area contributed by atoms with Gasteiger partial charge in [0.2, 0.25) is 0 Å². The van der Waals surface area contributed by atoms with Gasteiger partial charge in [-0.05, 0) is 75.4 Å². The topological polar surface area (TPSA) is 72.1 Å². The molecule has 0 unspecified atom stereocenters. The number of rotatable bonds is 8. The van der Waals surface area contributed by atoms with Gasteiger partial charge in [-0.25, -0.2) is 0 Å². The molecule has 0 aliphatic carbocycles. The Labute approximate surface area is 191 Å². The highest BCUT2D eigenvalue weighted by atomic mass is 16.5. The smallest absolute Gasteiger partial charge is 0.193 e. The van der Waals surface area contributed by atoms with Crippen LogP contribution >= 0.6 is 0 Å². The van der Waals surface area contributed by atoms with Crippen molar-refractivity contribution in [2.24, 2.45) is 16.6 Å². The first-order valence-electron chi connectivity index (χ1n) is 12.0. The number of nitrogens with one attached hydrogen (secondary N) is 1. The number of nitrogens with two attached hydrogens (primary N) is 1. The molecular weight excluding hydrogens is 400 g/mol. The Kier molecular flexibility index (Phi) is 8.26. The second kappa shape index (κ2) is 11.8. The van der Waals surface area contributed by atoms with Gasteiger partial charge in [-0.15, -0.1) is 0 Å². The molecular formula is C26H36N4O2. The van der Waals surface area contributed by atoms with Gasteiger partial charge in [0.1, 0.15) is 0 Å². The lowest BCUT2D eigenvalue weighted by Gasteiger charge is -2.32. The molecule has 1 saturated heterocycles. The van der Waals surface area contributed by atoms with Crippen LogP contribution in [0.25, 0.3) is 0 Å². The van der Waals surface area contributed by atoms with E-state index in [4.69, 9.17) is 15.2 Å². The maximum absolute atomic E-state index is 6.07. The van der Waals surface area contributed by atoms with Crippen molar-refractivity contribution in [3.05, 3.63) is 54.1 Å². The summed E-state index contributed by atoms with van der Waals surface area (Å²) in [7, 11) is 0. The largest absolute Gasteiger partial charge is 0.490 e. The summed E-state index contributed by atoms with van der Waals surface area (Å²) in [6.07, 6.45) is 6.93. The fourth-order valence-corrected chi connectivity index (χ4v) is 4.44. The van der Waals surface area contributed by atoms with E-state index in [1.807, 2.05) is 18.2 Å². The zero-order chi connectivity index (χ0) is 22.0. The third kappa shape index (κ3) is 6.89. The Balaban J connectivity index is 1.11. The van der Waals surface area contributed by atoms with Crippen LogP contribution in [-0.2, 0) is 6.42 Å². The Morgan fingerprint density at radius 2 is 1.78 bits per heavy atom. The number of likely N-dealkylation sites (tertiary alicyclic amines) is 1. The molecule has 6 nitrogen and oxygen atoms in total. The van der Waals surface area contributed by atoms with E-state index in [-0.39, 0.29) is 0 Å². The zero-order valence-electron chi connectivity index (χ0n) is 19.0. The van der Waals surface area contributed by atoms with Crippen molar-refractivity contribution in [1.82, 2.24) is 4.90 Å². The fraction of sp³-hybridized carbons (Fsp3) is 0.500. The standard InChI is InChI=1S/C26H36N4O2/c27-26(29-23-9-10-24-25(20-23)32-18-6-17-31-24)28-13-4-5-14-30-15-11-22(12-16-30)19-21-7-2-1-3-8-21/h1-3,7-10,20,22H,4-6,11-19H2,(H3,27,28,29). The Hall–Kier alpha value is -2.73. The second-order valence-electron chi connectivity index (χ2n) is 8.79. The van der Waals surface area contributed by atoms with E-state index in [1.54, 1.807) is 0 Å². The highest BCUT2D eigenvalue weighted by molar-refractivity contribution is 5.92. The molecule has 172 valence electrons. The van der Waals surface area contributed by atoms with E-state index in [9.17, 15) is 0 Å². The number of piperidine rings is 1. The van der Waals surface area contributed by atoms with E-state index in [0.717, 1.165) is 55.5 Å². The summed E-state index contributed by atoms with van der Waals surface area (Å²) in [5.41, 5.74) is 8.42. The summed E-state index contributed by atoms with van der Waals surface area (Å²) in [4.78, 5) is 7.09. The third-order valence-corrected chi connectivity index (χ3v) is 6.26. The number of unbranched alkanes of at least 4 members (excludes halogenated alkanes) is 1. The molecule has 2 aliphatic heterocycles. The molecule has 0 amide bonds. The predicted molar refractivity (Wildman–Crippen MR) is 131 cm³/mol. The molecule has 2 heterocycles. The van der Waals surface area contributed by atoms with Crippen LogP contribution in [0, 0.1) is 5.92 Å². The van der Waals surface area contributed by atoms with Gasteiger partial charge in [0.25, 0.3) is 0 Å². The Morgan fingerprint density at radius 1 is 1.00 bits per heavy atom. The number of fused-ring (bicyclic) bond motifs is 1. The molecule has 0 spiro atoms. The van der Waals surface area contributed by atoms with E-state index < -0.39 is 0 Å². The van der Waals surface area contributed by atoms with Crippen LogP contribution in [0.2, 0.25) is 0 Å². The van der Waals surface area contributed by atoms with Gasteiger partial charge in [0.15, 0.2) is 17.5 Å². The summed E-state index contributed by atoms with van der Waals surface area (Å²) < 4.78 is 11.4. The van der Waals surface area contributed by atoms with Gasteiger partial charge in [-0.1, -0.05) is 30.3 Å². The van der Waals surface area contributed by atoms with Crippen LogP contribution in [0.15, 0.2) is 53.5 Å². The van der Waals surface area contributed by atoms with Crippen molar-refractivity contribution >= 4 is 11.6 Å². The number of hydrogen-bond acceptors (Lipinski definition) is 4. The SMILES string of the molecule is NC(=NCCCCN1CCC(Cc2ccccc2)CC1)Nc1ccc2c(c1)OCCCO2. The summed E-state index contributed by atoms with van der Waals surface area (Å²) in [6, 6.07) is 16.7. The van der Waals surface area contributed by atoms with Crippen LogP contribution in [0.3, 0.4) is 0 Å². The quantitative estimate of drug-likeness (QED) is 0.367. The van der Waals surface area contributed by atoms with Crippen LogP contribution in [-0.4, -0.2) is 50.3 Å². The van der Waals surface area contributed by atoms with Crippen LogP contribution < -0.4 is 20.5 Å².